The van der Waals surface area contributed by atoms with Crippen molar-refractivity contribution in [2.24, 2.45) is 0 Å². The van der Waals surface area contributed by atoms with Gasteiger partial charge in [-0.2, -0.15) is 8.78 Å². The van der Waals surface area contributed by atoms with Crippen molar-refractivity contribution in [1.29, 1.82) is 0 Å². The third-order valence-electron chi connectivity index (χ3n) is 5.07. The van der Waals surface area contributed by atoms with Crippen molar-refractivity contribution in [3.8, 4) is 23.1 Å². The maximum atomic E-state index is 12.3. The number of hydrogen-bond donors (Lipinski definition) is 0. The second-order valence-corrected chi connectivity index (χ2v) is 8.47. The Morgan fingerprint density at radius 3 is 2.82 bits per heavy atom. The number of ether oxygens (including phenoxy) is 4. The molecule has 0 saturated carbocycles. The maximum absolute atomic E-state index is 12.3. The van der Waals surface area contributed by atoms with Crippen LogP contribution in [0.25, 0.3) is 11.2 Å². The zero-order valence-electron chi connectivity index (χ0n) is 17.2. The van der Waals surface area contributed by atoms with Crippen LogP contribution in [-0.2, 0) is 6.54 Å². The normalized spacial score (nSPS) is 15.1. The first-order valence-corrected chi connectivity index (χ1v) is 11.0. The van der Waals surface area contributed by atoms with Crippen molar-refractivity contribution in [2.75, 3.05) is 13.7 Å². The monoisotopic (exact) mass is 566 g/mol. The van der Waals surface area contributed by atoms with E-state index in [1.54, 1.807) is 25.7 Å². The summed E-state index contributed by atoms with van der Waals surface area (Å²) < 4.78 is 49.6. The van der Waals surface area contributed by atoms with Crippen LogP contribution < -0.4 is 18.9 Å². The summed E-state index contributed by atoms with van der Waals surface area (Å²) in [5, 5.41) is 0. The van der Waals surface area contributed by atoms with Crippen LogP contribution >= 0.6 is 22.6 Å². The zero-order valence-corrected chi connectivity index (χ0v) is 19.4. The zero-order chi connectivity index (χ0) is 22.9. The molecule has 1 unspecified atom stereocenters. The Morgan fingerprint density at radius 1 is 1.18 bits per heavy atom. The maximum Gasteiger partial charge on any atom is 0.388 e. The molecule has 1 aliphatic heterocycles. The lowest BCUT2D eigenvalue weighted by Crippen LogP contribution is -2.22. The fourth-order valence-corrected chi connectivity index (χ4v) is 4.02. The van der Waals surface area contributed by atoms with Gasteiger partial charge in [-0.3, -0.25) is 0 Å². The molecule has 0 bridgehead atoms. The molecule has 0 amide bonds. The number of aromatic nitrogens is 4. The number of methoxy groups -OCH3 is 1. The Balaban J connectivity index is 1.38. The number of benzene rings is 1. The fraction of sp³-hybridized carbons (Fsp3) is 0.227. The van der Waals surface area contributed by atoms with Crippen molar-refractivity contribution in [1.82, 2.24) is 19.5 Å². The Hall–Kier alpha value is -3.22. The van der Waals surface area contributed by atoms with E-state index in [1.165, 1.54) is 12.3 Å². The molecular formula is C22H17F2IN4O4. The molecular weight excluding hydrogens is 549 g/mol. The van der Waals surface area contributed by atoms with Gasteiger partial charge >= 0.3 is 6.61 Å². The molecule has 8 nitrogen and oxygen atoms in total. The smallest absolute Gasteiger partial charge is 0.388 e. The molecule has 4 heterocycles. The van der Waals surface area contributed by atoms with E-state index in [9.17, 15) is 8.78 Å². The summed E-state index contributed by atoms with van der Waals surface area (Å²) in [7, 11) is 1.56. The molecule has 1 aromatic carbocycles. The lowest BCUT2D eigenvalue weighted by Gasteiger charge is -2.28. The molecule has 0 saturated heterocycles. The number of pyridine rings is 2. The molecule has 170 valence electrons. The fourth-order valence-electron chi connectivity index (χ4n) is 3.58. The Kier molecular flexibility index (Phi) is 5.87. The highest BCUT2D eigenvalue weighted by molar-refractivity contribution is 14.1. The molecule has 3 aromatic heterocycles. The van der Waals surface area contributed by atoms with Gasteiger partial charge in [-0.25, -0.2) is 15.0 Å². The van der Waals surface area contributed by atoms with Gasteiger partial charge in [-0.1, -0.05) is 0 Å². The number of rotatable bonds is 6. The van der Waals surface area contributed by atoms with E-state index in [0.29, 0.717) is 29.4 Å². The number of hydrogen-bond acceptors (Lipinski definition) is 7. The summed E-state index contributed by atoms with van der Waals surface area (Å²) in [6, 6.07) is 8.73. The lowest BCUT2D eigenvalue weighted by atomic mass is 10.1. The van der Waals surface area contributed by atoms with Crippen molar-refractivity contribution in [3.05, 3.63) is 63.7 Å². The minimum Gasteiger partial charge on any atom is -0.493 e. The van der Waals surface area contributed by atoms with Gasteiger partial charge in [0.2, 0.25) is 11.6 Å². The first-order chi connectivity index (χ1) is 16.0. The Bertz CT molecular complexity index is 1280. The third kappa shape index (κ3) is 4.49. The Labute approximate surface area is 200 Å². The molecule has 0 N–H and O–H groups in total. The standard InChI is InChI=1S/C22H17F2IN4O4/c1-30-16-4-12(9-29-11-28-15-6-14(25)8-27-21(15)29)5-17-20(16)32-18(10-31-17)13-2-3-19(26-7-13)33-22(23)24/h2-8,11,18,22H,9-10H2,1H3. The van der Waals surface area contributed by atoms with E-state index in [1.807, 2.05) is 22.8 Å². The quantitative estimate of drug-likeness (QED) is 0.316. The molecule has 5 rings (SSSR count). The molecule has 33 heavy (non-hydrogen) atoms. The molecule has 4 aromatic rings. The van der Waals surface area contributed by atoms with Crippen LogP contribution in [0.2, 0.25) is 0 Å². The van der Waals surface area contributed by atoms with Gasteiger partial charge in [0.1, 0.15) is 12.1 Å². The number of fused-ring (bicyclic) bond motifs is 2. The van der Waals surface area contributed by atoms with Crippen LogP contribution in [0.3, 0.4) is 0 Å². The Morgan fingerprint density at radius 2 is 2.06 bits per heavy atom. The molecule has 0 radical (unpaired) electrons. The number of imidazole rings is 1. The van der Waals surface area contributed by atoms with Crippen LogP contribution in [0.1, 0.15) is 17.2 Å². The second kappa shape index (κ2) is 8.96. The van der Waals surface area contributed by atoms with Gasteiger partial charge in [0.25, 0.3) is 0 Å². The van der Waals surface area contributed by atoms with E-state index in [4.69, 9.17) is 14.2 Å². The first kappa shape index (κ1) is 21.6. The predicted octanol–water partition coefficient (Wildman–Crippen LogP) is 4.60. The molecule has 0 spiro atoms. The minimum absolute atomic E-state index is 0.163. The number of nitrogens with zero attached hydrogens (tertiary/aromatic N) is 4. The summed E-state index contributed by atoms with van der Waals surface area (Å²) in [4.78, 5) is 12.8. The van der Waals surface area contributed by atoms with E-state index in [0.717, 1.165) is 20.3 Å². The SMILES string of the molecule is COc1cc(Cn2cnc3cc(I)cnc32)cc2c1OC(c1ccc(OC(F)F)nc1)CO2. The number of alkyl halides is 2. The second-order valence-electron chi connectivity index (χ2n) is 7.22. The van der Waals surface area contributed by atoms with E-state index >= 15 is 0 Å². The van der Waals surface area contributed by atoms with Gasteiger partial charge in [0, 0.05) is 27.6 Å². The summed E-state index contributed by atoms with van der Waals surface area (Å²) in [6.07, 6.45) is 4.50. The molecule has 1 atom stereocenters. The van der Waals surface area contributed by atoms with Crippen LogP contribution in [0, 0.1) is 3.57 Å². The number of halogens is 3. The van der Waals surface area contributed by atoms with Gasteiger partial charge < -0.3 is 23.5 Å². The average Bonchev–Trinajstić information content (AvgIpc) is 3.20. The van der Waals surface area contributed by atoms with Gasteiger partial charge in [0.05, 0.1) is 20.0 Å². The van der Waals surface area contributed by atoms with Crippen LogP contribution in [0.4, 0.5) is 8.78 Å². The summed E-state index contributed by atoms with van der Waals surface area (Å²) in [5.41, 5.74) is 3.21. The van der Waals surface area contributed by atoms with Crippen LogP contribution in [0.5, 0.6) is 23.1 Å². The van der Waals surface area contributed by atoms with E-state index < -0.39 is 12.7 Å². The highest BCUT2D eigenvalue weighted by Crippen LogP contribution is 2.44. The highest BCUT2D eigenvalue weighted by Gasteiger charge is 2.27. The molecule has 1 aliphatic rings. The predicted molar refractivity (Wildman–Crippen MR) is 122 cm³/mol. The highest BCUT2D eigenvalue weighted by atomic mass is 127. The third-order valence-corrected chi connectivity index (χ3v) is 5.66. The van der Waals surface area contributed by atoms with Crippen molar-refractivity contribution in [3.63, 3.8) is 0 Å². The molecule has 0 aliphatic carbocycles. The minimum atomic E-state index is -2.93. The largest absolute Gasteiger partial charge is 0.493 e. The average molecular weight is 566 g/mol. The molecule has 11 heteroatoms. The summed E-state index contributed by atoms with van der Waals surface area (Å²) in [5.74, 6) is 1.38. The van der Waals surface area contributed by atoms with Crippen LogP contribution in [-0.4, -0.2) is 39.8 Å². The van der Waals surface area contributed by atoms with Gasteiger partial charge in [0.15, 0.2) is 23.3 Å². The summed E-state index contributed by atoms with van der Waals surface area (Å²) in [6.45, 7) is -2.18. The molecule has 0 fully saturated rings. The van der Waals surface area contributed by atoms with E-state index in [2.05, 4.69) is 42.3 Å². The van der Waals surface area contributed by atoms with E-state index in [-0.39, 0.29) is 12.5 Å². The van der Waals surface area contributed by atoms with Crippen molar-refractivity contribution >= 4 is 33.8 Å². The van der Waals surface area contributed by atoms with Crippen molar-refractivity contribution < 1.29 is 27.7 Å². The van der Waals surface area contributed by atoms with Gasteiger partial charge in [-0.05, 0) is 52.4 Å². The topological polar surface area (TPSA) is 80.5 Å². The van der Waals surface area contributed by atoms with Gasteiger partial charge in [-0.15, -0.1) is 0 Å². The van der Waals surface area contributed by atoms with Crippen LogP contribution in [0.15, 0.2) is 49.1 Å². The van der Waals surface area contributed by atoms with Crippen molar-refractivity contribution in [2.45, 2.75) is 19.3 Å². The summed E-state index contributed by atoms with van der Waals surface area (Å²) >= 11 is 2.21. The lowest BCUT2D eigenvalue weighted by molar-refractivity contribution is -0.0529. The first-order valence-electron chi connectivity index (χ1n) is 9.87.